The number of carbonyl (C=O) groups is 4. The lowest BCUT2D eigenvalue weighted by Crippen LogP contribution is -2.53. The summed E-state index contributed by atoms with van der Waals surface area (Å²) in [7, 11) is -4.89. The molecule has 0 aliphatic carbocycles. The molecule has 2 aromatic carbocycles. The molecule has 0 saturated heterocycles. The predicted molar refractivity (Wildman–Crippen MR) is 166 cm³/mol. The van der Waals surface area contributed by atoms with Gasteiger partial charge in [-0.3, -0.25) is 9.59 Å². The normalized spacial score (nSPS) is 13.0. The van der Waals surface area contributed by atoms with Gasteiger partial charge >= 0.3 is 34.2 Å². The van der Waals surface area contributed by atoms with Crippen molar-refractivity contribution < 1.29 is 46.5 Å². The van der Waals surface area contributed by atoms with E-state index in [2.05, 4.69) is 0 Å². The Morgan fingerprint density at radius 3 is 1.87 bits per heavy atom. The average molecular weight is 649 g/mol. The number of hydrogen-bond acceptors (Lipinski definition) is 10. The van der Waals surface area contributed by atoms with Gasteiger partial charge in [0, 0.05) is 6.54 Å². The van der Waals surface area contributed by atoms with Crippen molar-refractivity contribution in [3.8, 4) is 0 Å². The number of nitrogens with zero attached hydrogens (tertiary/aromatic N) is 1. The molecule has 0 fully saturated rings. The van der Waals surface area contributed by atoms with Crippen LogP contribution in [0.15, 0.2) is 54.6 Å². The van der Waals surface area contributed by atoms with E-state index in [1.54, 1.807) is 92.6 Å². The molecule has 1 N–H and O–H groups in total. The Hall–Kier alpha value is -3.97. The van der Waals surface area contributed by atoms with Gasteiger partial charge in [-0.1, -0.05) is 42.5 Å². The summed E-state index contributed by atoms with van der Waals surface area (Å²) in [5, 5.41) is 0. The summed E-state index contributed by atoms with van der Waals surface area (Å²) in [6, 6.07) is 12.7. The van der Waals surface area contributed by atoms with Crippen LogP contribution in [0.25, 0.3) is 0 Å². The fourth-order valence-corrected chi connectivity index (χ4v) is 5.01. The molecule has 1 amide bonds. The summed E-state index contributed by atoms with van der Waals surface area (Å²) in [5.41, 5.74) is -1.81. The van der Waals surface area contributed by atoms with E-state index in [1.807, 2.05) is 4.72 Å². The van der Waals surface area contributed by atoms with E-state index < -0.39 is 70.0 Å². The molecule has 0 unspecified atom stereocenters. The molecule has 0 bridgehead atoms. The number of ether oxygens (including phenoxy) is 4. The highest BCUT2D eigenvalue weighted by molar-refractivity contribution is 7.87. The number of hydrogen-bond donors (Lipinski definition) is 1. The molecule has 0 aliphatic rings. The van der Waals surface area contributed by atoms with Crippen LogP contribution in [0.3, 0.4) is 0 Å². The largest absolute Gasteiger partial charge is 0.460 e. The molecule has 13 heteroatoms. The Morgan fingerprint density at radius 1 is 0.756 bits per heavy atom. The zero-order valence-corrected chi connectivity index (χ0v) is 28.1. The molecule has 12 nitrogen and oxygen atoms in total. The topological polar surface area (TPSA) is 155 Å². The third-order valence-corrected chi connectivity index (χ3v) is 6.87. The van der Waals surface area contributed by atoms with Crippen molar-refractivity contribution in [1.82, 2.24) is 9.03 Å². The summed E-state index contributed by atoms with van der Waals surface area (Å²) >= 11 is 0. The summed E-state index contributed by atoms with van der Waals surface area (Å²) in [6.07, 6.45) is -2.05. The molecule has 2 rings (SSSR count). The highest BCUT2D eigenvalue weighted by Crippen LogP contribution is 2.23. The first-order valence-corrected chi connectivity index (χ1v) is 15.8. The first kappa shape index (κ1) is 37.2. The summed E-state index contributed by atoms with van der Waals surface area (Å²) in [4.78, 5) is 51.9. The van der Waals surface area contributed by atoms with Gasteiger partial charge in [0.1, 0.15) is 29.5 Å². The molecule has 2 aromatic rings. The molecule has 0 aliphatic heterocycles. The lowest BCUT2D eigenvalue weighted by molar-refractivity contribution is -0.167. The van der Waals surface area contributed by atoms with E-state index in [9.17, 15) is 27.6 Å². The van der Waals surface area contributed by atoms with Gasteiger partial charge in [-0.15, -0.1) is 0 Å². The van der Waals surface area contributed by atoms with E-state index in [-0.39, 0.29) is 17.7 Å². The molecular formula is C32H44N2O10S. The number of rotatable bonds is 11. The van der Waals surface area contributed by atoms with E-state index in [1.165, 1.54) is 24.3 Å². The second-order valence-corrected chi connectivity index (χ2v) is 14.9. The lowest BCUT2D eigenvalue weighted by Gasteiger charge is -2.32. The van der Waals surface area contributed by atoms with Crippen molar-refractivity contribution in [2.45, 2.75) is 105 Å². The number of amides is 1. The summed E-state index contributed by atoms with van der Waals surface area (Å²) in [6.45, 7) is 13.9. The van der Waals surface area contributed by atoms with Crippen LogP contribution in [0.4, 0.5) is 4.79 Å². The lowest BCUT2D eigenvalue weighted by atomic mass is 10.1. The van der Waals surface area contributed by atoms with Crippen LogP contribution in [0, 0.1) is 0 Å². The highest BCUT2D eigenvalue weighted by Gasteiger charge is 2.41. The minimum absolute atomic E-state index is 0.121. The fourth-order valence-electron chi connectivity index (χ4n) is 3.81. The Morgan fingerprint density at radius 2 is 1.31 bits per heavy atom. The number of nitrogens with one attached hydrogen (secondary N) is 1. The van der Waals surface area contributed by atoms with Crippen molar-refractivity contribution in [3.63, 3.8) is 0 Å². The van der Waals surface area contributed by atoms with E-state index in [0.717, 1.165) is 0 Å². The van der Waals surface area contributed by atoms with Gasteiger partial charge in [0.2, 0.25) is 0 Å². The Balaban J connectivity index is 2.54. The second-order valence-electron chi connectivity index (χ2n) is 13.3. The van der Waals surface area contributed by atoms with Crippen molar-refractivity contribution in [2.24, 2.45) is 0 Å². The molecule has 1 atom stereocenters. The van der Waals surface area contributed by atoms with Gasteiger partial charge in [0.25, 0.3) is 0 Å². The van der Waals surface area contributed by atoms with Crippen LogP contribution >= 0.6 is 0 Å². The van der Waals surface area contributed by atoms with Gasteiger partial charge in [-0.05, 0) is 85.6 Å². The summed E-state index contributed by atoms with van der Waals surface area (Å²) in [5.74, 6) is -2.59. The number of esters is 3. The standard InChI is InChI=1S/C32H44N2O10S/c1-30(2,3)42-26(35)19-25(28(37)44-32(7,8)9)34(20-23-16-13-17-24(18-23)27(36)43-31(4,5)6)45(39,40)33-29(38)41-21-22-14-11-10-12-15-22/h10-18,25H,19-21H2,1-9H3,(H,33,38)/t25-/m0/s1. The minimum atomic E-state index is -4.89. The zero-order valence-electron chi connectivity index (χ0n) is 27.3. The average Bonchev–Trinajstić information content (AvgIpc) is 2.87. The van der Waals surface area contributed by atoms with E-state index in [0.29, 0.717) is 9.87 Å². The van der Waals surface area contributed by atoms with E-state index >= 15 is 0 Å². The molecular weight excluding hydrogens is 604 g/mol. The van der Waals surface area contributed by atoms with Crippen LogP contribution in [-0.2, 0) is 51.9 Å². The highest BCUT2D eigenvalue weighted by atomic mass is 32.2. The summed E-state index contributed by atoms with van der Waals surface area (Å²) < 4.78 is 51.5. The number of carbonyl (C=O) groups excluding carboxylic acids is 4. The minimum Gasteiger partial charge on any atom is -0.460 e. The molecule has 0 heterocycles. The number of benzene rings is 2. The van der Waals surface area contributed by atoms with Crippen LogP contribution < -0.4 is 4.72 Å². The van der Waals surface area contributed by atoms with Gasteiger partial charge in [-0.25, -0.2) is 14.3 Å². The van der Waals surface area contributed by atoms with Gasteiger partial charge in [-0.2, -0.15) is 12.7 Å². The van der Waals surface area contributed by atoms with Crippen molar-refractivity contribution in [2.75, 3.05) is 0 Å². The predicted octanol–water partition coefficient (Wildman–Crippen LogP) is 5.06. The Labute approximate surface area is 265 Å². The van der Waals surface area contributed by atoms with Crippen LogP contribution in [0.5, 0.6) is 0 Å². The smallest absolute Gasteiger partial charge is 0.422 e. The van der Waals surface area contributed by atoms with Crippen molar-refractivity contribution in [1.29, 1.82) is 0 Å². The molecule has 248 valence electrons. The monoisotopic (exact) mass is 648 g/mol. The van der Waals surface area contributed by atoms with Crippen LogP contribution in [0.1, 0.15) is 90.2 Å². The van der Waals surface area contributed by atoms with Gasteiger partial charge in [0.05, 0.1) is 12.0 Å². The second kappa shape index (κ2) is 14.9. The zero-order chi connectivity index (χ0) is 34.2. The molecule has 0 aromatic heterocycles. The van der Waals surface area contributed by atoms with Gasteiger partial charge < -0.3 is 18.9 Å². The maximum atomic E-state index is 13.8. The maximum absolute atomic E-state index is 13.8. The first-order valence-electron chi connectivity index (χ1n) is 14.3. The Kier molecular flexibility index (Phi) is 12.3. The van der Waals surface area contributed by atoms with Crippen molar-refractivity contribution in [3.05, 3.63) is 71.3 Å². The molecule has 0 radical (unpaired) electrons. The third kappa shape index (κ3) is 13.7. The first-order chi connectivity index (χ1) is 20.5. The SMILES string of the molecule is CC(C)(C)OC(=O)C[C@@H](C(=O)OC(C)(C)C)N(Cc1cccc(C(=O)OC(C)(C)C)c1)S(=O)(=O)NC(=O)OCc1ccccc1. The van der Waals surface area contributed by atoms with E-state index in [4.69, 9.17) is 18.9 Å². The fraction of sp³-hybridized carbons (Fsp3) is 0.500. The van der Waals surface area contributed by atoms with Crippen LogP contribution in [-0.4, -0.2) is 59.6 Å². The third-order valence-electron chi connectivity index (χ3n) is 5.44. The Bertz CT molecular complexity index is 1450. The molecule has 0 saturated carbocycles. The molecule has 45 heavy (non-hydrogen) atoms. The van der Waals surface area contributed by atoms with Crippen LogP contribution in [0.2, 0.25) is 0 Å². The maximum Gasteiger partial charge on any atom is 0.422 e. The quantitative estimate of drug-likeness (QED) is 0.258. The van der Waals surface area contributed by atoms with Gasteiger partial charge in [0.15, 0.2) is 0 Å². The molecule has 0 spiro atoms. The van der Waals surface area contributed by atoms with Crippen molar-refractivity contribution >= 4 is 34.2 Å².